The molecule has 0 unspecified atom stereocenters. The summed E-state index contributed by atoms with van der Waals surface area (Å²) in [5.74, 6) is 1.86. The molecule has 0 atom stereocenters. The first-order valence-electron chi connectivity index (χ1n) is 20.8. The van der Waals surface area contributed by atoms with Crippen LogP contribution in [0.4, 0.5) is 0 Å². The minimum absolute atomic E-state index is 0.603. The average molecular weight is 808 g/mol. The largest absolute Gasteiger partial charge is 0.455 e. The number of benzene rings is 10. The second kappa shape index (κ2) is 13.8. The van der Waals surface area contributed by atoms with Crippen LogP contribution in [0.2, 0.25) is 0 Å². The number of fused-ring (bicyclic) bond motifs is 10. The first-order chi connectivity index (χ1) is 30.7. The van der Waals surface area contributed by atoms with Crippen LogP contribution in [-0.4, -0.2) is 15.0 Å². The summed E-state index contributed by atoms with van der Waals surface area (Å²) in [5, 5.41) is 11.6. The Bertz CT molecular complexity index is 3930. The summed E-state index contributed by atoms with van der Waals surface area (Å²) in [6, 6.07) is 70.8. The minimum Gasteiger partial charge on any atom is -0.455 e. The van der Waals surface area contributed by atoms with Crippen molar-refractivity contribution in [2.45, 2.75) is 0 Å². The van der Waals surface area contributed by atoms with Crippen LogP contribution in [0.5, 0.6) is 0 Å². The fraction of sp³-hybridized carbons (Fsp3) is 0. The molecule has 13 rings (SSSR count). The first kappa shape index (κ1) is 34.8. The van der Waals surface area contributed by atoms with E-state index in [9.17, 15) is 0 Å². The molecule has 3 aromatic heterocycles. The van der Waals surface area contributed by atoms with E-state index in [0.717, 1.165) is 65.2 Å². The Kier molecular flexibility index (Phi) is 7.74. The van der Waals surface area contributed by atoms with Crippen LogP contribution in [0, 0.1) is 0 Å². The van der Waals surface area contributed by atoms with Crippen LogP contribution in [-0.2, 0) is 0 Å². The van der Waals surface area contributed by atoms with E-state index in [1.165, 1.54) is 48.1 Å². The van der Waals surface area contributed by atoms with Crippen LogP contribution in [0.1, 0.15) is 0 Å². The van der Waals surface area contributed by atoms with E-state index >= 15 is 0 Å². The maximum absolute atomic E-state index is 6.59. The summed E-state index contributed by atoms with van der Waals surface area (Å²) < 4.78 is 8.99. The molecule has 5 heteroatoms. The summed E-state index contributed by atoms with van der Waals surface area (Å²) in [4.78, 5) is 16.1. The highest BCUT2D eigenvalue weighted by molar-refractivity contribution is 7.27. The van der Waals surface area contributed by atoms with Crippen LogP contribution >= 0.6 is 11.3 Å². The van der Waals surface area contributed by atoms with E-state index < -0.39 is 0 Å². The predicted molar refractivity (Wildman–Crippen MR) is 260 cm³/mol. The number of para-hydroxylation sites is 1. The third kappa shape index (κ3) is 5.49. The lowest BCUT2D eigenvalue weighted by atomic mass is 9.93. The van der Waals surface area contributed by atoms with Gasteiger partial charge in [0.15, 0.2) is 17.5 Å². The number of nitrogens with zero attached hydrogens (tertiary/aromatic N) is 3. The average Bonchev–Trinajstić information content (AvgIpc) is 3.92. The molecule has 0 fully saturated rings. The Morgan fingerprint density at radius 3 is 1.74 bits per heavy atom. The number of rotatable bonds is 5. The second-order valence-corrected chi connectivity index (χ2v) is 16.9. The van der Waals surface area contributed by atoms with Crippen molar-refractivity contribution in [2.75, 3.05) is 0 Å². The highest BCUT2D eigenvalue weighted by atomic mass is 32.1. The smallest absolute Gasteiger partial charge is 0.165 e. The van der Waals surface area contributed by atoms with Gasteiger partial charge in [-0.2, -0.15) is 0 Å². The van der Waals surface area contributed by atoms with Gasteiger partial charge in [0.25, 0.3) is 0 Å². The van der Waals surface area contributed by atoms with E-state index in [0.29, 0.717) is 17.5 Å². The molecule has 0 spiro atoms. The number of thiophene rings is 1. The maximum atomic E-state index is 6.59. The standard InChI is InChI=1S/C57H33N3OS/c1-3-15-35(16-4-1)44-24-13-25-45-46-33-41(28-29-49(46)61-52(44)45)56-58-55(40-27-26-34-14-7-8-19-37(34)30-40)59-57(60-56)48-32-39-21-10-12-23-43(39)51-47-31-38-20-9-11-22-42(38)50(53(47)62-54(48)51)36-17-5-2-6-18-36/h1-33H. The molecule has 0 radical (unpaired) electrons. The van der Waals surface area contributed by atoms with Gasteiger partial charge >= 0.3 is 0 Å². The molecular formula is C57H33N3OS. The SMILES string of the molecule is c1ccc(-c2cccc3c2oc2ccc(-c4nc(-c5ccc6ccccc6c5)nc(-c5cc6ccccc6c6c5sc5c(-c7ccccc7)c7ccccc7cc56)n4)cc23)cc1. The van der Waals surface area contributed by atoms with Crippen molar-refractivity contribution < 1.29 is 4.42 Å². The Morgan fingerprint density at radius 1 is 0.339 bits per heavy atom. The minimum atomic E-state index is 0.603. The third-order valence-electron chi connectivity index (χ3n) is 12.3. The van der Waals surface area contributed by atoms with Crippen molar-refractivity contribution in [1.29, 1.82) is 0 Å². The van der Waals surface area contributed by atoms with Gasteiger partial charge in [0.1, 0.15) is 11.2 Å². The van der Waals surface area contributed by atoms with Gasteiger partial charge in [-0.05, 0) is 79.8 Å². The predicted octanol–water partition coefficient (Wildman–Crippen LogP) is 15.9. The third-order valence-corrected chi connectivity index (χ3v) is 13.5. The molecule has 0 aliphatic carbocycles. The summed E-state index contributed by atoms with van der Waals surface area (Å²) in [7, 11) is 0. The molecule has 0 N–H and O–H groups in total. The van der Waals surface area contributed by atoms with Crippen LogP contribution < -0.4 is 0 Å². The van der Waals surface area contributed by atoms with Crippen LogP contribution in [0.3, 0.4) is 0 Å². The lowest BCUT2D eigenvalue weighted by Crippen LogP contribution is -2.00. The van der Waals surface area contributed by atoms with E-state index in [1.54, 1.807) is 0 Å². The van der Waals surface area contributed by atoms with E-state index in [4.69, 9.17) is 19.4 Å². The zero-order valence-corrected chi connectivity index (χ0v) is 34.0. The van der Waals surface area contributed by atoms with Gasteiger partial charge in [-0.15, -0.1) is 11.3 Å². The van der Waals surface area contributed by atoms with Crippen molar-refractivity contribution >= 4 is 85.8 Å². The molecule has 13 aromatic rings. The Morgan fingerprint density at radius 2 is 0.952 bits per heavy atom. The monoisotopic (exact) mass is 807 g/mol. The van der Waals surface area contributed by atoms with Crippen molar-refractivity contribution in [3.05, 3.63) is 200 Å². The van der Waals surface area contributed by atoms with Gasteiger partial charge in [-0.25, -0.2) is 15.0 Å². The summed E-state index contributed by atoms with van der Waals surface area (Å²) in [5.41, 5.74) is 9.12. The number of furan rings is 1. The normalized spacial score (nSPS) is 11.9. The number of hydrogen-bond donors (Lipinski definition) is 0. The number of aromatic nitrogens is 3. The van der Waals surface area contributed by atoms with Gasteiger partial charge in [0.2, 0.25) is 0 Å². The zero-order chi connectivity index (χ0) is 40.7. The molecule has 0 bridgehead atoms. The summed E-state index contributed by atoms with van der Waals surface area (Å²) >= 11 is 1.83. The summed E-state index contributed by atoms with van der Waals surface area (Å²) in [6.45, 7) is 0. The molecule has 288 valence electrons. The van der Waals surface area contributed by atoms with Gasteiger partial charge in [0, 0.05) is 58.8 Å². The number of hydrogen-bond acceptors (Lipinski definition) is 5. The van der Waals surface area contributed by atoms with Crippen LogP contribution in [0.25, 0.3) is 131 Å². The molecule has 0 aliphatic rings. The van der Waals surface area contributed by atoms with Gasteiger partial charge < -0.3 is 4.42 Å². The molecule has 10 aromatic carbocycles. The van der Waals surface area contributed by atoms with Crippen molar-refractivity contribution in [2.24, 2.45) is 0 Å². The Balaban J connectivity index is 1.09. The Hall–Kier alpha value is -7.99. The second-order valence-electron chi connectivity index (χ2n) is 15.9. The quantitative estimate of drug-likeness (QED) is 0.174. The zero-order valence-electron chi connectivity index (χ0n) is 33.2. The molecule has 0 amide bonds. The molecule has 0 aliphatic heterocycles. The molecule has 62 heavy (non-hydrogen) atoms. The highest BCUT2D eigenvalue weighted by Gasteiger charge is 2.23. The molecular weight excluding hydrogens is 775 g/mol. The lowest BCUT2D eigenvalue weighted by molar-refractivity contribution is 0.670. The first-order valence-corrected chi connectivity index (χ1v) is 21.7. The van der Waals surface area contributed by atoms with Crippen molar-refractivity contribution in [1.82, 2.24) is 15.0 Å². The molecule has 3 heterocycles. The van der Waals surface area contributed by atoms with E-state index in [-0.39, 0.29) is 0 Å². The van der Waals surface area contributed by atoms with Crippen molar-refractivity contribution in [3.63, 3.8) is 0 Å². The molecule has 4 nitrogen and oxygen atoms in total. The lowest BCUT2D eigenvalue weighted by Gasteiger charge is -2.11. The van der Waals surface area contributed by atoms with Gasteiger partial charge in [-0.3, -0.25) is 0 Å². The fourth-order valence-corrected chi connectivity index (χ4v) is 10.7. The van der Waals surface area contributed by atoms with E-state index in [1.807, 2.05) is 17.4 Å². The Labute approximate surface area is 360 Å². The van der Waals surface area contributed by atoms with Gasteiger partial charge in [-0.1, -0.05) is 164 Å². The fourth-order valence-electron chi connectivity index (χ4n) is 9.35. The highest BCUT2D eigenvalue weighted by Crippen LogP contribution is 2.49. The molecule has 0 saturated heterocycles. The summed E-state index contributed by atoms with van der Waals surface area (Å²) in [6.07, 6.45) is 0. The van der Waals surface area contributed by atoms with Crippen LogP contribution in [0.15, 0.2) is 205 Å². The van der Waals surface area contributed by atoms with Gasteiger partial charge in [0.05, 0.1) is 0 Å². The molecule has 0 saturated carbocycles. The topological polar surface area (TPSA) is 51.8 Å². The van der Waals surface area contributed by atoms with Crippen molar-refractivity contribution in [3.8, 4) is 56.4 Å². The van der Waals surface area contributed by atoms with E-state index in [2.05, 4.69) is 194 Å². The maximum Gasteiger partial charge on any atom is 0.165 e.